The number of hydrogen-bond acceptors (Lipinski definition) is 6. The van der Waals surface area contributed by atoms with Gasteiger partial charge in [-0.15, -0.1) is 0 Å². The molecule has 1 fully saturated rings. The summed E-state index contributed by atoms with van der Waals surface area (Å²) in [4.78, 5) is 7.10. The number of aryl methyl sites for hydroxylation is 1. The highest BCUT2D eigenvalue weighted by molar-refractivity contribution is 5.85. The van der Waals surface area contributed by atoms with Gasteiger partial charge in [-0.2, -0.15) is 14.7 Å². The summed E-state index contributed by atoms with van der Waals surface area (Å²) in [6.45, 7) is 5.90. The SMILES string of the molecule is C=C/C(=C\N(C)C)c1cnn2c(N)c(-c3cnn(C)c3)c(C3CCCNC3)nc12. The first-order chi connectivity index (χ1) is 14.0. The van der Waals surface area contributed by atoms with Crippen molar-refractivity contribution in [1.82, 2.24) is 34.6 Å². The molecule has 0 amide bonds. The first-order valence-corrected chi connectivity index (χ1v) is 9.87. The van der Waals surface area contributed by atoms with Gasteiger partial charge in [0.2, 0.25) is 0 Å². The summed E-state index contributed by atoms with van der Waals surface area (Å²) in [7, 11) is 5.87. The van der Waals surface area contributed by atoms with E-state index in [9.17, 15) is 0 Å². The summed E-state index contributed by atoms with van der Waals surface area (Å²) >= 11 is 0. The third-order valence-corrected chi connectivity index (χ3v) is 5.32. The van der Waals surface area contributed by atoms with E-state index in [1.54, 1.807) is 9.20 Å². The van der Waals surface area contributed by atoms with Crippen LogP contribution in [-0.4, -0.2) is 56.5 Å². The molecule has 8 nitrogen and oxygen atoms in total. The number of rotatable bonds is 5. The van der Waals surface area contributed by atoms with Crippen LogP contribution in [0.2, 0.25) is 0 Å². The van der Waals surface area contributed by atoms with Crippen LogP contribution in [0.3, 0.4) is 0 Å². The van der Waals surface area contributed by atoms with Crippen molar-refractivity contribution >= 4 is 17.0 Å². The Balaban J connectivity index is 1.97. The number of hydrogen-bond donors (Lipinski definition) is 2. The van der Waals surface area contributed by atoms with Gasteiger partial charge in [0.1, 0.15) is 5.82 Å². The molecule has 1 aliphatic heterocycles. The van der Waals surface area contributed by atoms with Gasteiger partial charge in [0.05, 0.1) is 18.1 Å². The molecule has 1 saturated heterocycles. The van der Waals surface area contributed by atoms with Crippen molar-refractivity contribution in [2.24, 2.45) is 7.05 Å². The fraction of sp³-hybridized carbons (Fsp3) is 0.381. The van der Waals surface area contributed by atoms with Crippen molar-refractivity contribution in [1.29, 1.82) is 0 Å². The Morgan fingerprint density at radius 1 is 1.34 bits per heavy atom. The average Bonchev–Trinajstić information content (AvgIpc) is 3.33. The second-order valence-corrected chi connectivity index (χ2v) is 7.75. The Morgan fingerprint density at radius 2 is 2.17 bits per heavy atom. The van der Waals surface area contributed by atoms with Crippen LogP contribution in [0.5, 0.6) is 0 Å². The molecule has 3 aromatic rings. The maximum atomic E-state index is 6.67. The van der Waals surface area contributed by atoms with Gasteiger partial charge in [-0.3, -0.25) is 4.68 Å². The minimum Gasteiger partial charge on any atom is -0.383 e. The van der Waals surface area contributed by atoms with Crippen LogP contribution in [-0.2, 0) is 7.05 Å². The van der Waals surface area contributed by atoms with Crippen LogP contribution in [0.1, 0.15) is 30.0 Å². The third kappa shape index (κ3) is 3.51. The molecule has 1 aliphatic rings. The highest BCUT2D eigenvalue weighted by Gasteiger charge is 2.26. The number of nitrogens with one attached hydrogen (secondary N) is 1. The van der Waals surface area contributed by atoms with Crippen LogP contribution >= 0.6 is 0 Å². The van der Waals surface area contributed by atoms with Crippen LogP contribution < -0.4 is 11.1 Å². The second kappa shape index (κ2) is 7.71. The van der Waals surface area contributed by atoms with Crippen molar-refractivity contribution in [2.45, 2.75) is 18.8 Å². The van der Waals surface area contributed by atoms with Crippen LogP contribution in [0, 0.1) is 0 Å². The fourth-order valence-corrected chi connectivity index (χ4v) is 3.97. The smallest absolute Gasteiger partial charge is 0.165 e. The first-order valence-electron chi connectivity index (χ1n) is 9.87. The lowest BCUT2D eigenvalue weighted by Gasteiger charge is -2.25. The van der Waals surface area contributed by atoms with E-state index in [2.05, 4.69) is 22.1 Å². The normalized spacial score (nSPS) is 17.6. The lowest BCUT2D eigenvalue weighted by atomic mass is 9.91. The van der Waals surface area contributed by atoms with E-state index in [1.807, 2.05) is 56.9 Å². The molecule has 3 N–H and O–H groups in total. The van der Waals surface area contributed by atoms with Crippen molar-refractivity contribution in [3.63, 3.8) is 0 Å². The summed E-state index contributed by atoms with van der Waals surface area (Å²) in [5.74, 6) is 0.877. The molecule has 0 saturated carbocycles. The van der Waals surface area contributed by atoms with E-state index < -0.39 is 0 Å². The van der Waals surface area contributed by atoms with E-state index in [0.717, 1.165) is 59.5 Å². The van der Waals surface area contributed by atoms with Crippen molar-refractivity contribution in [3.8, 4) is 11.1 Å². The average molecular weight is 393 g/mol. The Hall–Kier alpha value is -3.13. The minimum atomic E-state index is 0.291. The van der Waals surface area contributed by atoms with Crippen molar-refractivity contribution in [3.05, 3.63) is 48.7 Å². The first kappa shape index (κ1) is 19.2. The van der Waals surface area contributed by atoms with Crippen LogP contribution in [0.25, 0.3) is 22.3 Å². The molecule has 4 heterocycles. The number of anilines is 1. The Morgan fingerprint density at radius 3 is 2.79 bits per heavy atom. The molecular formula is C21H28N8. The van der Waals surface area contributed by atoms with Gasteiger partial charge in [-0.1, -0.05) is 12.7 Å². The topological polar surface area (TPSA) is 89.3 Å². The van der Waals surface area contributed by atoms with E-state index in [1.165, 1.54) is 0 Å². The van der Waals surface area contributed by atoms with E-state index in [0.29, 0.717) is 11.7 Å². The van der Waals surface area contributed by atoms with Gasteiger partial charge in [-0.25, -0.2) is 4.98 Å². The van der Waals surface area contributed by atoms with Gasteiger partial charge in [0.15, 0.2) is 5.65 Å². The molecule has 1 unspecified atom stereocenters. The number of nitrogens with two attached hydrogens (primary N) is 1. The predicted molar refractivity (Wildman–Crippen MR) is 116 cm³/mol. The molecule has 0 aliphatic carbocycles. The number of nitrogen functional groups attached to an aromatic ring is 1. The van der Waals surface area contributed by atoms with E-state index in [4.69, 9.17) is 10.7 Å². The number of piperidine rings is 1. The maximum Gasteiger partial charge on any atom is 0.165 e. The Bertz CT molecular complexity index is 1070. The molecule has 0 spiro atoms. The molecule has 0 radical (unpaired) electrons. The second-order valence-electron chi connectivity index (χ2n) is 7.75. The highest BCUT2D eigenvalue weighted by Crippen LogP contribution is 2.37. The van der Waals surface area contributed by atoms with Crippen molar-refractivity contribution < 1.29 is 0 Å². The zero-order chi connectivity index (χ0) is 20.5. The van der Waals surface area contributed by atoms with E-state index >= 15 is 0 Å². The summed E-state index contributed by atoms with van der Waals surface area (Å²) in [6.07, 6.45) is 11.7. The number of aromatic nitrogens is 5. The van der Waals surface area contributed by atoms with Crippen molar-refractivity contribution in [2.75, 3.05) is 32.9 Å². The molecule has 1 atom stereocenters. The highest BCUT2D eigenvalue weighted by atomic mass is 15.3. The number of fused-ring (bicyclic) bond motifs is 1. The zero-order valence-electron chi connectivity index (χ0n) is 17.3. The van der Waals surface area contributed by atoms with Gasteiger partial charge in [0, 0.05) is 68.3 Å². The van der Waals surface area contributed by atoms with Gasteiger partial charge >= 0.3 is 0 Å². The van der Waals surface area contributed by atoms with Crippen LogP contribution in [0.4, 0.5) is 5.82 Å². The summed E-state index contributed by atoms with van der Waals surface area (Å²) in [6, 6.07) is 0. The number of allylic oxidation sites excluding steroid dienone is 2. The molecule has 4 rings (SSSR count). The molecule has 8 heteroatoms. The summed E-state index contributed by atoms with van der Waals surface area (Å²) in [5.41, 5.74) is 12.2. The molecule has 152 valence electrons. The lowest BCUT2D eigenvalue weighted by Crippen LogP contribution is -2.29. The van der Waals surface area contributed by atoms with Crippen LogP contribution in [0.15, 0.2) is 37.4 Å². The van der Waals surface area contributed by atoms with Gasteiger partial charge in [-0.05, 0) is 19.4 Å². The fourth-order valence-electron chi connectivity index (χ4n) is 3.97. The summed E-state index contributed by atoms with van der Waals surface area (Å²) in [5, 5.41) is 12.4. The molecule has 0 aromatic carbocycles. The molecule has 29 heavy (non-hydrogen) atoms. The lowest BCUT2D eigenvalue weighted by molar-refractivity contribution is 0.455. The number of nitrogens with zero attached hydrogens (tertiary/aromatic N) is 6. The zero-order valence-corrected chi connectivity index (χ0v) is 17.3. The standard InChI is InChI=1S/C21H28N8/c1-5-14(12-27(2)3)17-11-25-29-20(22)18(16-10-24-28(4)13-16)19(26-21(17)29)15-7-6-8-23-9-15/h5,10-13,15,23H,1,6-9,22H2,2-4H3/b14-12+. The Kier molecular flexibility index (Phi) is 5.10. The monoisotopic (exact) mass is 392 g/mol. The third-order valence-electron chi connectivity index (χ3n) is 5.32. The molecular weight excluding hydrogens is 364 g/mol. The van der Waals surface area contributed by atoms with E-state index in [-0.39, 0.29) is 0 Å². The quantitative estimate of drug-likeness (QED) is 0.648. The van der Waals surface area contributed by atoms with Gasteiger partial charge in [0.25, 0.3) is 0 Å². The predicted octanol–water partition coefficient (Wildman–Crippen LogP) is 2.27. The molecule has 3 aromatic heterocycles. The largest absolute Gasteiger partial charge is 0.383 e. The van der Waals surface area contributed by atoms with Gasteiger partial charge < -0.3 is 16.0 Å². The Labute approximate surface area is 170 Å². The minimum absolute atomic E-state index is 0.291. The maximum absolute atomic E-state index is 6.67. The summed E-state index contributed by atoms with van der Waals surface area (Å²) < 4.78 is 3.51. The molecule has 0 bridgehead atoms.